The molecule has 5 rings (SSSR count). The number of carbonyl (C=O) groups is 11. The van der Waals surface area contributed by atoms with Crippen LogP contribution in [0, 0.1) is 17.8 Å². The van der Waals surface area contributed by atoms with Gasteiger partial charge >= 0.3 is 12.1 Å². The summed E-state index contributed by atoms with van der Waals surface area (Å²) in [5.74, 6) is -7.43. The van der Waals surface area contributed by atoms with Crippen LogP contribution in [0.2, 0.25) is 0 Å². The summed E-state index contributed by atoms with van der Waals surface area (Å²) in [6.07, 6.45) is 0.575. The summed E-state index contributed by atoms with van der Waals surface area (Å²) in [4.78, 5) is 159. The summed E-state index contributed by atoms with van der Waals surface area (Å²) in [7, 11) is 7.15. The zero-order valence-electron chi connectivity index (χ0n) is 54.4. The zero-order valence-corrected chi connectivity index (χ0v) is 54.4. The van der Waals surface area contributed by atoms with Crippen molar-refractivity contribution in [2.24, 2.45) is 17.8 Å². The third-order valence-electron chi connectivity index (χ3n) is 16.7. The Morgan fingerprint density at radius 2 is 1.02 bits per heavy atom. The van der Waals surface area contributed by atoms with Crippen molar-refractivity contribution in [2.45, 2.75) is 168 Å². The van der Waals surface area contributed by atoms with Gasteiger partial charge in [0.2, 0.25) is 53.2 Å². The number of nitrogens with zero attached hydrogens (tertiary/aromatic N) is 6. The van der Waals surface area contributed by atoms with E-state index in [2.05, 4.69) is 21.3 Å². The fourth-order valence-electron chi connectivity index (χ4n) is 11.4. The largest absolute Gasteiger partial charge is 0.480 e. The standard InChI is InChI=1S/C66H94N10O13/c1-38(2)32-51(64(85)75(15)54(34-40(5)6)58(79)67-41(7)57(78)68-43(9)62(83)76-31-23-30-52(76)65(86)87)70-60(81)55(35-45-24-17-16-18-25-45)73(13)56(77)36-71(11)61(82)42(8)69-59(80)53(33-39(3)4)74(14)63(84)44(10)72(12)66(88)89-37-50-48-28-21-19-26-46(48)47-27-20-22-29-49(47)50/h16-22,24-29,38-44,50-55H,23,30-37H2,1-15H3,(H,67,79)(H,68,78)(H,69,80)(H,70,81)(H,86,87)/t41-,42-,43-,44-,51-,52-,53-,54-,55-/m0/s1. The van der Waals surface area contributed by atoms with E-state index in [0.29, 0.717) is 18.4 Å². The van der Waals surface area contributed by atoms with Crippen LogP contribution in [0.15, 0.2) is 78.9 Å². The number of nitrogens with one attached hydrogen (secondary N) is 4. The number of carboxylic acids is 1. The molecule has 0 radical (unpaired) electrons. The van der Waals surface area contributed by atoms with Crippen LogP contribution in [-0.4, -0.2) is 209 Å². The van der Waals surface area contributed by atoms with Crippen LogP contribution in [-0.2, 0) is 59.1 Å². The molecule has 1 fully saturated rings. The summed E-state index contributed by atoms with van der Waals surface area (Å²) in [5, 5.41) is 20.4. The van der Waals surface area contributed by atoms with Crippen LogP contribution in [0.3, 0.4) is 0 Å². The zero-order chi connectivity index (χ0) is 66.3. The minimum atomic E-state index is -1.22. The molecule has 1 aliphatic carbocycles. The molecular formula is C66H94N10O13. The Kier molecular flexibility index (Phi) is 25.8. The molecular weight excluding hydrogens is 1140 g/mol. The number of hydrogen-bond donors (Lipinski definition) is 5. The molecule has 23 nitrogen and oxygen atoms in total. The van der Waals surface area contributed by atoms with Crippen LogP contribution in [0.25, 0.3) is 11.1 Å². The quantitative estimate of drug-likeness (QED) is 0.0634. The molecule has 0 saturated carbocycles. The lowest BCUT2D eigenvalue weighted by Gasteiger charge is -2.35. The van der Waals surface area contributed by atoms with E-state index >= 15 is 0 Å². The van der Waals surface area contributed by atoms with Crippen molar-refractivity contribution < 1.29 is 62.6 Å². The van der Waals surface area contributed by atoms with Gasteiger partial charge < -0.3 is 55.6 Å². The molecule has 23 heteroatoms. The van der Waals surface area contributed by atoms with E-state index in [1.165, 1.54) is 80.5 Å². The van der Waals surface area contributed by atoms with E-state index in [1.54, 1.807) is 37.3 Å². The summed E-state index contributed by atoms with van der Waals surface area (Å²) in [6.45, 7) is 16.8. The number of fused-ring (bicyclic) bond motifs is 3. The van der Waals surface area contributed by atoms with Crippen molar-refractivity contribution in [2.75, 3.05) is 54.9 Å². The average Bonchev–Trinajstić information content (AvgIpc) is 1.74. The molecule has 9 atom stereocenters. The number of carbonyl (C=O) groups excluding carboxylic acids is 10. The maximum atomic E-state index is 14.7. The van der Waals surface area contributed by atoms with Gasteiger partial charge in [-0.15, -0.1) is 0 Å². The summed E-state index contributed by atoms with van der Waals surface area (Å²) < 4.78 is 5.82. The Morgan fingerprint density at radius 3 is 1.55 bits per heavy atom. The molecule has 3 aromatic rings. The number of amides is 10. The van der Waals surface area contributed by atoms with Crippen LogP contribution in [0.4, 0.5) is 4.79 Å². The van der Waals surface area contributed by atoms with E-state index in [0.717, 1.165) is 27.2 Å². The molecule has 0 unspecified atom stereocenters. The predicted octanol–water partition coefficient (Wildman–Crippen LogP) is 4.65. The molecule has 0 spiro atoms. The minimum Gasteiger partial charge on any atom is -0.480 e. The van der Waals surface area contributed by atoms with Crippen molar-refractivity contribution in [3.05, 3.63) is 95.6 Å². The molecule has 1 aliphatic heterocycles. The monoisotopic (exact) mass is 1230 g/mol. The van der Waals surface area contributed by atoms with Crippen molar-refractivity contribution >= 4 is 65.2 Å². The first-order chi connectivity index (χ1) is 41.9. The third-order valence-corrected chi connectivity index (χ3v) is 16.7. The van der Waals surface area contributed by atoms with Gasteiger partial charge in [-0.1, -0.05) is 120 Å². The maximum Gasteiger partial charge on any atom is 0.410 e. The van der Waals surface area contributed by atoms with Gasteiger partial charge in [-0.3, -0.25) is 48.1 Å². The van der Waals surface area contributed by atoms with Gasteiger partial charge in [-0.05, 0) is 105 Å². The number of hydrogen-bond acceptors (Lipinski definition) is 12. The lowest BCUT2D eigenvalue weighted by atomic mass is 9.97. The van der Waals surface area contributed by atoms with E-state index in [4.69, 9.17) is 4.74 Å². The highest BCUT2D eigenvalue weighted by Crippen LogP contribution is 2.44. The first-order valence-electron chi connectivity index (χ1n) is 30.8. The fourth-order valence-corrected chi connectivity index (χ4v) is 11.4. The number of benzene rings is 3. The van der Waals surface area contributed by atoms with E-state index in [1.807, 2.05) is 90.1 Å². The Bertz CT molecular complexity index is 2980. The summed E-state index contributed by atoms with van der Waals surface area (Å²) in [5.41, 5.74) is 4.89. The molecule has 1 saturated heterocycles. The molecule has 1 heterocycles. The molecule has 5 N–H and O–H groups in total. The van der Waals surface area contributed by atoms with Crippen molar-refractivity contribution in [1.29, 1.82) is 0 Å². The smallest absolute Gasteiger partial charge is 0.410 e. The average molecular weight is 1240 g/mol. The van der Waals surface area contributed by atoms with Crippen LogP contribution in [0.5, 0.6) is 0 Å². The van der Waals surface area contributed by atoms with Crippen LogP contribution >= 0.6 is 0 Å². The SMILES string of the molecule is CC(C)C[C@H](NC(=O)[C@H](Cc1ccccc1)N(C)C(=O)CN(C)C(=O)[C@H](C)NC(=O)[C@H](CC(C)C)N(C)C(=O)[C@H](C)N(C)C(=O)OCC1c2ccccc2-c2ccccc21)C(=O)N(C)[C@@H](CC(C)C)C(=O)N[C@@H](C)C(=O)N[C@@H](C)C(=O)N1CCC[C@H]1C(=O)O. The molecule has 3 aromatic carbocycles. The summed E-state index contributed by atoms with van der Waals surface area (Å²) >= 11 is 0. The molecule has 486 valence electrons. The number of aliphatic carboxylic acids is 1. The van der Waals surface area contributed by atoms with Gasteiger partial charge in [0, 0.05) is 54.1 Å². The topological polar surface area (TPSA) is 285 Å². The molecule has 0 aromatic heterocycles. The first-order valence-corrected chi connectivity index (χ1v) is 30.8. The second-order valence-corrected chi connectivity index (χ2v) is 25.1. The van der Waals surface area contributed by atoms with Gasteiger partial charge in [0.1, 0.15) is 61.0 Å². The number of likely N-dealkylation sites (tertiary alicyclic amines) is 1. The summed E-state index contributed by atoms with van der Waals surface area (Å²) in [6, 6.07) is 14.7. The predicted molar refractivity (Wildman–Crippen MR) is 335 cm³/mol. The van der Waals surface area contributed by atoms with Crippen LogP contribution in [0.1, 0.15) is 124 Å². The highest BCUT2D eigenvalue weighted by atomic mass is 16.6. The van der Waals surface area contributed by atoms with Gasteiger partial charge in [0.05, 0.1) is 6.54 Å². The highest BCUT2D eigenvalue weighted by molar-refractivity contribution is 5.98. The molecule has 89 heavy (non-hydrogen) atoms. The highest BCUT2D eigenvalue weighted by Gasteiger charge is 2.41. The van der Waals surface area contributed by atoms with Crippen molar-refractivity contribution in [3.63, 3.8) is 0 Å². The second kappa shape index (κ2) is 32.2. The minimum absolute atomic E-state index is 0.00174. The lowest BCUT2D eigenvalue weighted by Crippen LogP contribution is -2.60. The van der Waals surface area contributed by atoms with Gasteiger partial charge in [-0.25, -0.2) is 9.59 Å². The fraction of sp³-hybridized carbons (Fsp3) is 0.561. The molecule has 10 amide bonds. The van der Waals surface area contributed by atoms with E-state index < -0.39 is 126 Å². The Hall–Kier alpha value is -8.37. The second-order valence-electron chi connectivity index (χ2n) is 25.1. The Labute approximate surface area is 523 Å². The first kappa shape index (κ1) is 71.4. The van der Waals surface area contributed by atoms with Gasteiger partial charge in [0.25, 0.3) is 0 Å². The van der Waals surface area contributed by atoms with Crippen molar-refractivity contribution in [1.82, 2.24) is 50.7 Å². The van der Waals surface area contributed by atoms with E-state index in [9.17, 15) is 57.8 Å². The number of likely N-dealkylation sites (N-methyl/N-ethyl adjacent to an activating group) is 5. The number of ether oxygens (including phenoxy) is 1. The third kappa shape index (κ3) is 18.6. The van der Waals surface area contributed by atoms with Crippen LogP contribution < -0.4 is 21.3 Å². The normalized spacial score (nSPS) is 16.2. The Balaban J connectivity index is 1.23. The van der Waals surface area contributed by atoms with E-state index in [-0.39, 0.29) is 62.5 Å². The Morgan fingerprint density at radius 1 is 0.539 bits per heavy atom. The number of rotatable bonds is 29. The lowest BCUT2D eigenvalue weighted by molar-refractivity contribution is -0.149. The number of carboxylic acid groups (broad SMARTS) is 1. The molecule has 0 bridgehead atoms. The molecule has 2 aliphatic rings. The van der Waals surface area contributed by atoms with Crippen molar-refractivity contribution in [3.8, 4) is 11.1 Å². The van der Waals surface area contributed by atoms with Gasteiger partial charge in [-0.2, -0.15) is 0 Å². The maximum absolute atomic E-state index is 14.7. The van der Waals surface area contributed by atoms with Gasteiger partial charge in [0.15, 0.2) is 0 Å².